The van der Waals surface area contributed by atoms with Crippen molar-refractivity contribution in [3.05, 3.63) is 46.6 Å². The lowest BCUT2D eigenvalue weighted by Crippen LogP contribution is -2.07. The second-order valence-electron chi connectivity index (χ2n) is 3.66. The molecule has 0 aliphatic rings. The highest BCUT2D eigenvalue weighted by Gasteiger charge is 2.19. The van der Waals surface area contributed by atoms with Crippen LogP contribution in [0.5, 0.6) is 0 Å². The summed E-state index contributed by atoms with van der Waals surface area (Å²) in [6.45, 7) is 0. The van der Waals surface area contributed by atoms with Gasteiger partial charge in [0.1, 0.15) is 10.5 Å². The van der Waals surface area contributed by atoms with Crippen LogP contribution in [-0.2, 0) is 0 Å². The molecule has 0 atom stereocenters. The summed E-state index contributed by atoms with van der Waals surface area (Å²) in [4.78, 5) is 16.3. The van der Waals surface area contributed by atoms with Crippen molar-refractivity contribution in [2.75, 3.05) is 0 Å². The summed E-state index contributed by atoms with van der Waals surface area (Å²) in [6, 6.07) is 6.90. The van der Waals surface area contributed by atoms with E-state index >= 15 is 0 Å². The number of carboxylic acid groups (broad SMARTS) is 1. The summed E-state index contributed by atoms with van der Waals surface area (Å²) in [7, 11) is 0. The van der Waals surface area contributed by atoms with Gasteiger partial charge in [0.2, 0.25) is 0 Å². The Bertz CT molecular complexity index is 747. The number of fused-ring (bicyclic) bond motifs is 1. The lowest BCUT2D eigenvalue weighted by molar-refractivity contribution is 0.0688. The first-order valence-electron chi connectivity index (χ1n) is 5.11. The molecule has 0 aliphatic carbocycles. The largest absolute Gasteiger partial charge is 0.477 e. The van der Waals surface area contributed by atoms with Gasteiger partial charge in [0.25, 0.3) is 0 Å². The maximum atomic E-state index is 11.3. The van der Waals surface area contributed by atoms with Crippen LogP contribution in [0, 0.1) is 0 Å². The molecule has 0 saturated carbocycles. The molecule has 0 fully saturated rings. The van der Waals surface area contributed by atoms with Crippen molar-refractivity contribution < 1.29 is 9.90 Å². The standard InChI is InChI=1S/C12H7ClN2O2S/c13-8-2-1-4-14-10(8)15-9(12(16)17)6-7-3-5-18-11(7)15/h1-6H,(H,16,17). The monoisotopic (exact) mass is 278 g/mol. The molecule has 3 aromatic rings. The first-order valence-corrected chi connectivity index (χ1v) is 6.37. The van der Waals surface area contributed by atoms with Gasteiger partial charge >= 0.3 is 5.97 Å². The highest BCUT2D eigenvalue weighted by Crippen LogP contribution is 2.30. The Hall–Kier alpha value is -1.85. The Morgan fingerprint density at radius 1 is 1.44 bits per heavy atom. The minimum atomic E-state index is -1.000. The Morgan fingerprint density at radius 3 is 3.00 bits per heavy atom. The normalized spacial score (nSPS) is 10.9. The van der Waals surface area contributed by atoms with Gasteiger partial charge in [0.15, 0.2) is 5.82 Å². The van der Waals surface area contributed by atoms with Gasteiger partial charge in [-0.05, 0) is 29.6 Å². The van der Waals surface area contributed by atoms with Crippen molar-refractivity contribution in [1.29, 1.82) is 0 Å². The third-order valence-electron chi connectivity index (χ3n) is 2.58. The molecule has 0 bridgehead atoms. The SMILES string of the molecule is O=C(O)c1cc2ccsc2n1-c1ncccc1Cl. The number of carbonyl (C=O) groups is 1. The molecule has 0 spiro atoms. The van der Waals surface area contributed by atoms with E-state index in [1.807, 2.05) is 11.4 Å². The molecule has 4 nitrogen and oxygen atoms in total. The van der Waals surface area contributed by atoms with Crippen LogP contribution in [0.3, 0.4) is 0 Å². The molecule has 3 rings (SSSR count). The average Bonchev–Trinajstić information content (AvgIpc) is 2.89. The number of hydrogen-bond donors (Lipinski definition) is 1. The molecule has 6 heteroatoms. The Balaban J connectivity index is 2.39. The molecule has 90 valence electrons. The van der Waals surface area contributed by atoms with Crippen LogP contribution >= 0.6 is 22.9 Å². The molecular weight excluding hydrogens is 272 g/mol. The average molecular weight is 279 g/mol. The van der Waals surface area contributed by atoms with Crippen molar-refractivity contribution in [1.82, 2.24) is 9.55 Å². The zero-order valence-electron chi connectivity index (χ0n) is 9.00. The predicted molar refractivity (Wildman–Crippen MR) is 70.9 cm³/mol. The molecule has 0 saturated heterocycles. The number of carboxylic acids is 1. The maximum Gasteiger partial charge on any atom is 0.352 e. The van der Waals surface area contributed by atoms with Crippen molar-refractivity contribution in [3.63, 3.8) is 0 Å². The first kappa shape index (κ1) is 11.3. The molecule has 0 unspecified atom stereocenters. The molecular formula is C12H7ClN2O2S. The summed E-state index contributed by atoms with van der Waals surface area (Å²) in [6.07, 6.45) is 1.59. The van der Waals surface area contributed by atoms with E-state index in [2.05, 4.69) is 4.98 Å². The fourth-order valence-corrected chi connectivity index (χ4v) is 2.94. The third kappa shape index (κ3) is 1.60. The van der Waals surface area contributed by atoms with Gasteiger partial charge in [-0.15, -0.1) is 11.3 Å². The minimum absolute atomic E-state index is 0.164. The smallest absolute Gasteiger partial charge is 0.352 e. The number of aromatic nitrogens is 2. The molecule has 3 aromatic heterocycles. The Labute approximate surface area is 111 Å². The van der Waals surface area contributed by atoms with Crippen LogP contribution in [0.2, 0.25) is 5.02 Å². The lowest BCUT2D eigenvalue weighted by Gasteiger charge is -2.07. The first-order chi connectivity index (χ1) is 8.68. The topological polar surface area (TPSA) is 55.1 Å². The zero-order valence-corrected chi connectivity index (χ0v) is 10.6. The van der Waals surface area contributed by atoms with Crippen molar-refractivity contribution >= 4 is 39.1 Å². The van der Waals surface area contributed by atoms with Crippen LogP contribution in [0.15, 0.2) is 35.8 Å². The second kappa shape index (κ2) is 4.12. The number of thiophene rings is 1. The molecule has 0 aliphatic heterocycles. The fraction of sp³-hybridized carbons (Fsp3) is 0. The van der Waals surface area contributed by atoms with Crippen LogP contribution in [-0.4, -0.2) is 20.6 Å². The number of halogens is 1. The Kier molecular flexibility index (Phi) is 2.57. The van der Waals surface area contributed by atoms with E-state index in [9.17, 15) is 9.90 Å². The number of hydrogen-bond acceptors (Lipinski definition) is 3. The van der Waals surface area contributed by atoms with Gasteiger partial charge in [-0.1, -0.05) is 11.6 Å². The van der Waals surface area contributed by atoms with E-state index in [1.165, 1.54) is 11.3 Å². The van der Waals surface area contributed by atoms with Crippen molar-refractivity contribution in [2.24, 2.45) is 0 Å². The highest BCUT2D eigenvalue weighted by atomic mass is 35.5. The summed E-state index contributed by atoms with van der Waals surface area (Å²) in [5.74, 6) is -0.561. The van der Waals surface area contributed by atoms with E-state index in [4.69, 9.17) is 11.6 Å². The minimum Gasteiger partial charge on any atom is -0.477 e. The molecule has 0 amide bonds. The van der Waals surface area contributed by atoms with Crippen LogP contribution in [0.4, 0.5) is 0 Å². The van der Waals surface area contributed by atoms with E-state index in [1.54, 1.807) is 29.0 Å². The van der Waals surface area contributed by atoms with Gasteiger partial charge in [0, 0.05) is 11.6 Å². The number of nitrogens with zero attached hydrogens (tertiary/aromatic N) is 2. The third-order valence-corrected chi connectivity index (χ3v) is 3.79. The zero-order chi connectivity index (χ0) is 12.7. The molecule has 18 heavy (non-hydrogen) atoms. The summed E-state index contributed by atoms with van der Waals surface area (Å²) in [5.41, 5.74) is 0.164. The van der Waals surface area contributed by atoms with Gasteiger partial charge in [-0.25, -0.2) is 9.78 Å². The highest BCUT2D eigenvalue weighted by molar-refractivity contribution is 7.16. The number of pyridine rings is 1. The van der Waals surface area contributed by atoms with Crippen LogP contribution < -0.4 is 0 Å². The van der Waals surface area contributed by atoms with Crippen LogP contribution in [0.25, 0.3) is 16.0 Å². The van der Waals surface area contributed by atoms with E-state index in [0.717, 1.165) is 10.2 Å². The van der Waals surface area contributed by atoms with Gasteiger partial charge in [-0.3, -0.25) is 4.57 Å². The number of aromatic carboxylic acids is 1. The fourth-order valence-electron chi connectivity index (χ4n) is 1.83. The maximum absolute atomic E-state index is 11.3. The molecule has 0 aromatic carbocycles. The van der Waals surface area contributed by atoms with Crippen LogP contribution in [0.1, 0.15) is 10.5 Å². The summed E-state index contributed by atoms with van der Waals surface area (Å²) in [5, 5.41) is 12.5. The molecule has 0 radical (unpaired) electrons. The molecule has 3 heterocycles. The van der Waals surface area contributed by atoms with E-state index in [-0.39, 0.29) is 5.69 Å². The van der Waals surface area contributed by atoms with Gasteiger partial charge in [-0.2, -0.15) is 0 Å². The predicted octanol–water partition coefficient (Wildman–Crippen LogP) is 3.44. The summed E-state index contributed by atoms with van der Waals surface area (Å²) >= 11 is 7.54. The van der Waals surface area contributed by atoms with E-state index < -0.39 is 5.97 Å². The van der Waals surface area contributed by atoms with Crippen molar-refractivity contribution in [2.45, 2.75) is 0 Å². The lowest BCUT2D eigenvalue weighted by atomic mass is 10.3. The van der Waals surface area contributed by atoms with E-state index in [0.29, 0.717) is 10.8 Å². The van der Waals surface area contributed by atoms with Crippen molar-refractivity contribution in [3.8, 4) is 5.82 Å². The summed E-state index contributed by atoms with van der Waals surface area (Å²) < 4.78 is 1.57. The quantitative estimate of drug-likeness (QED) is 0.781. The second-order valence-corrected chi connectivity index (χ2v) is 4.96. The Morgan fingerprint density at radius 2 is 2.28 bits per heavy atom. The van der Waals surface area contributed by atoms with Gasteiger partial charge < -0.3 is 5.11 Å². The van der Waals surface area contributed by atoms with Gasteiger partial charge in [0.05, 0.1) is 5.02 Å². The number of rotatable bonds is 2. The molecule has 1 N–H and O–H groups in total.